The van der Waals surface area contributed by atoms with Crippen LogP contribution in [0.15, 0.2) is 36.7 Å². The van der Waals surface area contributed by atoms with Crippen LogP contribution in [-0.4, -0.2) is 54.2 Å². The Labute approximate surface area is 151 Å². The molecule has 8 heteroatoms. The van der Waals surface area contributed by atoms with Gasteiger partial charge in [0.1, 0.15) is 5.82 Å². The van der Waals surface area contributed by atoms with Gasteiger partial charge in [0.25, 0.3) is 5.88 Å². The lowest BCUT2D eigenvalue weighted by atomic mass is 10.2. The van der Waals surface area contributed by atoms with Crippen molar-refractivity contribution in [3.63, 3.8) is 0 Å². The van der Waals surface area contributed by atoms with E-state index in [1.54, 1.807) is 43.6 Å². The van der Waals surface area contributed by atoms with E-state index in [4.69, 9.17) is 4.74 Å². The van der Waals surface area contributed by atoms with E-state index >= 15 is 0 Å². The lowest BCUT2D eigenvalue weighted by Gasteiger charge is -2.25. The summed E-state index contributed by atoms with van der Waals surface area (Å²) in [5, 5.41) is 2.83. The highest BCUT2D eigenvalue weighted by molar-refractivity contribution is 5.74. The lowest BCUT2D eigenvalue weighted by molar-refractivity contribution is 0.194. The van der Waals surface area contributed by atoms with Gasteiger partial charge in [-0.05, 0) is 24.1 Å². The first-order valence-corrected chi connectivity index (χ1v) is 8.43. The third kappa shape index (κ3) is 4.01. The van der Waals surface area contributed by atoms with Gasteiger partial charge in [-0.2, -0.15) is 0 Å². The minimum absolute atomic E-state index is 0.0502. The van der Waals surface area contributed by atoms with E-state index in [0.29, 0.717) is 18.2 Å². The normalized spacial score (nSPS) is 16.4. The molecule has 0 spiro atoms. The number of anilines is 1. The summed E-state index contributed by atoms with van der Waals surface area (Å²) in [7, 11) is 3.33. The predicted molar refractivity (Wildman–Crippen MR) is 95.6 cm³/mol. The molecule has 26 heavy (non-hydrogen) atoms. The number of rotatable bonds is 5. The van der Waals surface area contributed by atoms with Gasteiger partial charge < -0.3 is 19.9 Å². The van der Waals surface area contributed by atoms with E-state index in [9.17, 15) is 9.18 Å². The highest BCUT2D eigenvalue weighted by Crippen LogP contribution is 2.27. The largest absolute Gasteiger partial charge is 0.478 e. The Balaban J connectivity index is 1.57. The number of aromatic nitrogens is 2. The number of carbonyl (C=O) groups is 1. The molecule has 0 saturated carbocycles. The Kier molecular flexibility index (Phi) is 5.50. The second-order valence-corrected chi connectivity index (χ2v) is 6.18. The fraction of sp³-hybridized carbons (Fsp3) is 0.389. The van der Waals surface area contributed by atoms with Crippen LogP contribution in [0.4, 0.5) is 15.0 Å². The molecule has 1 atom stereocenters. The molecule has 1 fully saturated rings. The van der Waals surface area contributed by atoms with E-state index in [-0.39, 0.29) is 24.4 Å². The van der Waals surface area contributed by atoms with Crippen LogP contribution in [0.1, 0.15) is 12.0 Å². The van der Waals surface area contributed by atoms with Crippen LogP contribution >= 0.6 is 0 Å². The summed E-state index contributed by atoms with van der Waals surface area (Å²) in [5.41, 5.74) is 0.726. The highest BCUT2D eigenvalue weighted by atomic mass is 19.1. The molecule has 2 aromatic rings. The van der Waals surface area contributed by atoms with Crippen molar-refractivity contribution in [1.82, 2.24) is 20.2 Å². The third-order valence-electron chi connectivity index (χ3n) is 4.50. The van der Waals surface area contributed by atoms with Gasteiger partial charge in [-0.3, -0.25) is 0 Å². The number of nitrogens with one attached hydrogen (secondary N) is 1. The molecule has 2 heterocycles. The summed E-state index contributed by atoms with van der Waals surface area (Å²) in [6.07, 6.45) is 4.03. The summed E-state index contributed by atoms with van der Waals surface area (Å²) in [5.74, 6) is 0.854. The zero-order valence-electron chi connectivity index (χ0n) is 14.9. The van der Waals surface area contributed by atoms with Gasteiger partial charge in [-0.25, -0.2) is 19.2 Å². The van der Waals surface area contributed by atoms with E-state index in [0.717, 1.165) is 18.5 Å². The van der Waals surface area contributed by atoms with Crippen LogP contribution < -0.4 is 15.0 Å². The molecule has 3 rings (SSSR count). The van der Waals surface area contributed by atoms with Crippen molar-refractivity contribution in [2.24, 2.45) is 0 Å². The van der Waals surface area contributed by atoms with Gasteiger partial charge in [0.15, 0.2) is 5.82 Å². The second-order valence-electron chi connectivity index (χ2n) is 6.18. The number of carbonyl (C=O) groups excluding carboxylic acids is 1. The van der Waals surface area contributed by atoms with E-state index in [1.807, 2.05) is 0 Å². The maximum absolute atomic E-state index is 13.2. The van der Waals surface area contributed by atoms with Gasteiger partial charge in [0.05, 0.1) is 13.2 Å². The van der Waals surface area contributed by atoms with Crippen molar-refractivity contribution in [3.8, 4) is 5.88 Å². The number of likely N-dealkylation sites (N-methyl/N-ethyl adjacent to an activating group) is 1. The minimum atomic E-state index is -0.311. The van der Waals surface area contributed by atoms with Crippen molar-refractivity contribution in [2.45, 2.75) is 19.0 Å². The molecular formula is C18H22FN5O2. The van der Waals surface area contributed by atoms with Crippen molar-refractivity contribution >= 4 is 11.8 Å². The summed E-state index contributed by atoms with van der Waals surface area (Å²) in [6.45, 7) is 1.70. The molecule has 1 aliphatic rings. The third-order valence-corrected chi connectivity index (χ3v) is 4.50. The quantitative estimate of drug-likeness (QED) is 0.885. The number of benzene rings is 1. The highest BCUT2D eigenvalue weighted by Gasteiger charge is 2.30. The average molecular weight is 359 g/mol. The average Bonchev–Trinajstić information content (AvgIpc) is 3.15. The molecule has 0 aliphatic carbocycles. The predicted octanol–water partition coefficient (Wildman–Crippen LogP) is 2.04. The van der Waals surface area contributed by atoms with E-state index in [1.165, 1.54) is 12.1 Å². The molecule has 1 saturated heterocycles. The maximum Gasteiger partial charge on any atom is 0.317 e. The SMILES string of the molecule is COc1nccnc1N1CC[C@H](N(C)C(=O)NCc2cccc(F)c2)C1. The Morgan fingerprint density at radius 1 is 1.42 bits per heavy atom. The number of nitrogens with zero attached hydrogens (tertiary/aromatic N) is 4. The molecule has 138 valence electrons. The van der Waals surface area contributed by atoms with Crippen LogP contribution in [0, 0.1) is 5.82 Å². The van der Waals surface area contributed by atoms with Crippen LogP contribution in [-0.2, 0) is 6.54 Å². The Bertz CT molecular complexity index is 773. The molecule has 2 amide bonds. The van der Waals surface area contributed by atoms with E-state index < -0.39 is 0 Å². The summed E-state index contributed by atoms with van der Waals surface area (Å²) in [4.78, 5) is 24.7. The van der Waals surface area contributed by atoms with Gasteiger partial charge >= 0.3 is 6.03 Å². The van der Waals surface area contributed by atoms with Crippen molar-refractivity contribution in [1.29, 1.82) is 0 Å². The molecule has 1 N–H and O–H groups in total. The molecule has 0 radical (unpaired) electrons. The number of urea groups is 1. The number of ether oxygens (including phenoxy) is 1. The molecule has 0 bridgehead atoms. The second kappa shape index (κ2) is 7.99. The van der Waals surface area contributed by atoms with Crippen molar-refractivity contribution in [2.75, 3.05) is 32.1 Å². The molecule has 1 aromatic carbocycles. The number of hydrogen-bond acceptors (Lipinski definition) is 5. The maximum atomic E-state index is 13.2. The Hall–Kier alpha value is -2.90. The van der Waals surface area contributed by atoms with Crippen molar-refractivity contribution in [3.05, 3.63) is 48.0 Å². The fourth-order valence-electron chi connectivity index (χ4n) is 3.04. The van der Waals surface area contributed by atoms with Gasteiger partial charge in [0.2, 0.25) is 0 Å². The lowest BCUT2D eigenvalue weighted by Crippen LogP contribution is -2.44. The van der Waals surface area contributed by atoms with Crippen LogP contribution in [0.2, 0.25) is 0 Å². The molecule has 1 aromatic heterocycles. The minimum Gasteiger partial charge on any atom is -0.478 e. The number of halogens is 1. The first kappa shape index (κ1) is 17.9. The topological polar surface area (TPSA) is 70.6 Å². The standard InChI is InChI=1S/C18H22FN5O2/c1-23(18(25)22-11-13-4-3-5-14(19)10-13)15-6-9-24(12-15)16-17(26-2)21-8-7-20-16/h3-5,7-8,10,15H,6,9,11-12H2,1-2H3,(H,22,25)/t15-/m0/s1. The Morgan fingerprint density at radius 3 is 3.00 bits per heavy atom. The Morgan fingerprint density at radius 2 is 2.23 bits per heavy atom. The smallest absolute Gasteiger partial charge is 0.317 e. The molecular weight excluding hydrogens is 337 g/mol. The fourth-order valence-corrected chi connectivity index (χ4v) is 3.04. The zero-order valence-corrected chi connectivity index (χ0v) is 14.9. The number of methoxy groups -OCH3 is 1. The molecule has 1 aliphatic heterocycles. The number of hydrogen-bond donors (Lipinski definition) is 1. The van der Waals surface area contributed by atoms with Gasteiger partial charge in [-0.1, -0.05) is 12.1 Å². The van der Waals surface area contributed by atoms with Crippen LogP contribution in [0.25, 0.3) is 0 Å². The summed E-state index contributed by atoms with van der Waals surface area (Å²) < 4.78 is 18.5. The first-order valence-electron chi connectivity index (χ1n) is 8.43. The molecule has 0 unspecified atom stereocenters. The van der Waals surface area contributed by atoms with Gasteiger partial charge in [-0.15, -0.1) is 0 Å². The zero-order chi connectivity index (χ0) is 18.5. The van der Waals surface area contributed by atoms with Crippen LogP contribution in [0.3, 0.4) is 0 Å². The van der Waals surface area contributed by atoms with E-state index in [2.05, 4.69) is 20.2 Å². The first-order chi connectivity index (χ1) is 12.6. The van der Waals surface area contributed by atoms with Crippen LogP contribution in [0.5, 0.6) is 5.88 Å². The van der Waals surface area contributed by atoms with Gasteiger partial charge in [0, 0.05) is 39.1 Å². The number of amides is 2. The molecule has 7 nitrogen and oxygen atoms in total. The monoisotopic (exact) mass is 359 g/mol. The summed E-state index contributed by atoms with van der Waals surface area (Å²) >= 11 is 0. The summed E-state index contributed by atoms with van der Waals surface area (Å²) in [6, 6.07) is 6.06. The van der Waals surface area contributed by atoms with Crippen molar-refractivity contribution < 1.29 is 13.9 Å².